The second-order valence-corrected chi connectivity index (χ2v) is 10.2. The van der Waals surface area contributed by atoms with E-state index in [9.17, 15) is 22.8 Å². The average molecular weight is 540 g/mol. The molecule has 192 valence electrons. The fourth-order valence-electron chi connectivity index (χ4n) is 3.32. The predicted molar refractivity (Wildman–Crippen MR) is 128 cm³/mol. The summed E-state index contributed by atoms with van der Waals surface area (Å²) in [6.07, 6.45) is 2.30. The molecule has 1 aliphatic heterocycles. The van der Waals surface area contributed by atoms with Gasteiger partial charge < -0.3 is 21.1 Å². The summed E-state index contributed by atoms with van der Waals surface area (Å²) in [5, 5.41) is 14.1. The molecule has 6 N–H and O–H groups in total. The van der Waals surface area contributed by atoms with Gasteiger partial charge in [0.1, 0.15) is 11.8 Å². The van der Waals surface area contributed by atoms with Gasteiger partial charge in [0.2, 0.25) is 21.8 Å². The van der Waals surface area contributed by atoms with Gasteiger partial charge in [-0.2, -0.15) is 16.1 Å². The lowest BCUT2D eigenvalue weighted by Gasteiger charge is -2.22. The van der Waals surface area contributed by atoms with Crippen LogP contribution in [0.5, 0.6) is 5.75 Å². The van der Waals surface area contributed by atoms with Gasteiger partial charge in [-0.3, -0.25) is 19.6 Å². The van der Waals surface area contributed by atoms with E-state index in [0.29, 0.717) is 17.9 Å². The number of nitrogens with two attached hydrogens (primary N) is 1. The number of hydrogen-bond donors (Lipinski definition) is 5. The van der Waals surface area contributed by atoms with Crippen LogP contribution in [0.25, 0.3) is 0 Å². The SMILES string of the molecule is COc1ccc(S(=O)(=O)N2C[C@@H](NC(=O)CNC(=O)[C@@H](N)CCSC)C[C@H]2C(=O)NO)cc1.Cl. The Kier molecular flexibility index (Phi) is 12.1. The van der Waals surface area contributed by atoms with Crippen molar-refractivity contribution in [1.82, 2.24) is 20.4 Å². The molecule has 0 spiro atoms. The van der Waals surface area contributed by atoms with Crippen molar-refractivity contribution in [3.63, 3.8) is 0 Å². The fourth-order valence-corrected chi connectivity index (χ4v) is 5.46. The Balaban J connectivity index is 0.00000578. The number of nitrogens with one attached hydrogen (secondary N) is 3. The van der Waals surface area contributed by atoms with Gasteiger partial charge in [0.15, 0.2) is 0 Å². The zero-order valence-corrected chi connectivity index (χ0v) is 21.2. The molecule has 0 aliphatic carbocycles. The number of thioether (sulfide) groups is 1. The summed E-state index contributed by atoms with van der Waals surface area (Å²) in [5.74, 6) is -0.781. The maximum absolute atomic E-state index is 13.1. The molecule has 0 unspecified atom stereocenters. The third-order valence-corrected chi connectivity index (χ3v) is 7.63. The maximum atomic E-state index is 13.1. The quantitative estimate of drug-likeness (QED) is 0.175. The summed E-state index contributed by atoms with van der Waals surface area (Å²) in [5.41, 5.74) is 7.22. The molecule has 3 amide bonds. The molecular formula is C19H30ClN5O7S2. The van der Waals surface area contributed by atoms with Crippen LogP contribution in [-0.4, -0.2) is 86.0 Å². The summed E-state index contributed by atoms with van der Waals surface area (Å²) < 4.78 is 32.2. The Bertz CT molecular complexity index is 949. The van der Waals surface area contributed by atoms with E-state index in [0.717, 1.165) is 4.31 Å². The molecule has 2 rings (SSSR count). The highest BCUT2D eigenvalue weighted by molar-refractivity contribution is 7.98. The minimum absolute atomic E-state index is 0. The Morgan fingerprint density at radius 1 is 1.29 bits per heavy atom. The smallest absolute Gasteiger partial charge is 0.261 e. The van der Waals surface area contributed by atoms with Crippen molar-refractivity contribution >= 4 is 51.9 Å². The highest BCUT2D eigenvalue weighted by atomic mass is 35.5. The zero-order chi connectivity index (χ0) is 24.6. The number of carbonyl (C=O) groups is 3. The number of rotatable bonds is 11. The van der Waals surface area contributed by atoms with Crippen LogP contribution in [0.15, 0.2) is 29.2 Å². The largest absolute Gasteiger partial charge is 0.497 e. The lowest BCUT2D eigenvalue weighted by Crippen LogP contribution is -2.47. The molecule has 1 aliphatic rings. The molecule has 1 aromatic carbocycles. The first-order chi connectivity index (χ1) is 15.6. The van der Waals surface area contributed by atoms with E-state index in [1.807, 2.05) is 6.26 Å². The van der Waals surface area contributed by atoms with Crippen LogP contribution < -0.4 is 26.6 Å². The van der Waals surface area contributed by atoms with Gasteiger partial charge in [-0.1, -0.05) is 0 Å². The Labute approximate surface area is 208 Å². The highest BCUT2D eigenvalue weighted by Crippen LogP contribution is 2.27. The van der Waals surface area contributed by atoms with Crippen LogP contribution in [0, 0.1) is 0 Å². The van der Waals surface area contributed by atoms with E-state index < -0.39 is 45.9 Å². The minimum Gasteiger partial charge on any atom is -0.497 e. The molecule has 0 saturated carbocycles. The summed E-state index contributed by atoms with van der Waals surface area (Å²) in [4.78, 5) is 36.3. The summed E-state index contributed by atoms with van der Waals surface area (Å²) in [6.45, 7) is -0.538. The van der Waals surface area contributed by atoms with Crippen LogP contribution in [0.1, 0.15) is 12.8 Å². The molecular weight excluding hydrogens is 510 g/mol. The van der Waals surface area contributed by atoms with Gasteiger partial charge in [0.05, 0.1) is 24.6 Å². The molecule has 1 heterocycles. The first kappa shape index (κ1) is 29.9. The van der Waals surface area contributed by atoms with E-state index in [1.54, 1.807) is 11.8 Å². The van der Waals surface area contributed by atoms with Gasteiger partial charge in [-0.05, 0) is 49.1 Å². The number of hydroxylamine groups is 1. The topological polar surface area (TPSA) is 180 Å². The van der Waals surface area contributed by atoms with E-state index in [1.165, 1.54) is 36.9 Å². The van der Waals surface area contributed by atoms with E-state index >= 15 is 0 Å². The number of hydrogen-bond acceptors (Lipinski definition) is 9. The molecule has 15 heteroatoms. The van der Waals surface area contributed by atoms with Crippen LogP contribution in [0.4, 0.5) is 0 Å². The number of carbonyl (C=O) groups excluding carboxylic acids is 3. The second-order valence-electron chi connectivity index (χ2n) is 7.35. The molecule has 34 heavy (non-hydrogen) atoms. The van der Waals surface area contributed by atoms with Gasteiger partial charge in [0, 0.05) is 12.6 Å². The molecule has 0 aromatic heterocycles. The van der Waals surface area contributed by atoms with Crippen LogP contribution >= 0.6 is 24.2 Å². The van der Waals surface area contributed by atoms with Crippen molar-refractivity contribution in [1.29, 1.82) is 0 Å². The normalized spacial score (nSPS) is 18.9. The van der Waals surface area contributed by atoms with E-state index in [2.05, 4.69) is 10.6 Å². The minimum atomic E-state index is -4.12. The lowest BCUT2D eigenvalue weighted by atomic mass is 10.1. The number of sulfonamides is 1. The van der Waals surface area contributed by atoms with Crippen molar-refractivity contribution in [3.8, 4) is 5.75 Å². The average Bonchev–Trinajstić information content (AvgIpc) is 3.24. The molecule has 1 aromatic rings. The van der Waals surface area contributed by atoms with Crippen molar-refractivity contribution in [2.24, 2.45) is 5.73 Å². The Morgan fingerprint density at radius 2 is 1.94 bits per heavy atom. The van der Waals surface area contributed by atoms with Crippen LogP contribution in [0.2, 0.25) is 0 Å². The van der Waals surface area contributed by atoms with Crippen molar-refractivity contribution in [3.05, 3.63) is 24.3 Å². The zero-order valence-electron chi connectivity index (χ0n) is 18.7. The third kappa shape index (κ3) is 7.71. The molecule has 12 nitrogen and oxygen atoms in total. The van der Waals surface area contributed by atoms with E-state index in [-0.39, 0.29) is 36.8 Å². The van der Waals surface area contributed by atoms with Gasteiger partial charge in [0.25, 0.3) is 5.91 Å². The molecule has 1 saturated heterocycles. The summed E-state index contributed by atoms with van der Waals surface area (Å²) in [6, 6.07) is 2.93. The molecule has 1 fully saturated rings. The van der Waals surface area contributed by atoms with Crippen LogP contribution in [0.3, 0.4) is 0 Å². The number of methoxy groups -OCH3 is 1. The Hall–Kier alpha value is -2.10. The van der Waals surface area contributed by atoms with E-state index in [4.69, 9.17) is 15.7 Å². The van der Waals surface area contributed by atoms with Gasteiger partial charge in [-0.15, -0.1) is 12.4 Å². The first-order valence-electron chi connectivity index (χ1n) is 10.1. The maximum Gasteiger partial charge on any atom is 0.261 e. The molecule has 0 radical (unpaired) electrons. The number of halogens is 1. The van der Waals surface area contributed by atoms with Gasteiger partial charge in [-0.25, -0.2) is 13.9 Å². The molecule has 3 atom stereocenters. The van der Waals surface area contributed by atoms with Crippen molar-refractivity contribution < 1.29 is 32.7 Å². The Morgan fingerprint density at radius 3 is 2.50 bits per heavy atom. The third-order valence-electron chi connectivity index (χ3n) is 5.09. The number of ether oxygens (including phenoxy) is 1. The first-order valence-corrected chi connectivity index (χ1v) is 12.9. The lowest BCUT2D eigenvalue weighted by molar-refractivity contribution is -0.132. The van der Waals surface area contributed by atoms with Crippen LogP contribution in [-0.2, 0) is 24.4 Å². The fraction of sp³-hybridized carbons (Fsp3) is 0.526. The highest BCUT2D eigenvalue weighted by Gasteiger charge is 2.44. The number of nitrogens with zero attached hydrogens (tertiary/aromatic N) is 1. The number of amides is 3. The number of benzene rings is 1. The molecule has 0 bridgehead atoms. The van der Waals surface area contributed by atoms with Gasteiger partial charge >= 0.3 is 0 Å². The van der Waals surface area contributed by atoms with Crippen molar-refractivity contribution in [2.75, 3.05) is 32.2 Å². The predicted octanol–water partition coefficient (Wildman–Crippen LogP) is -0.933. The summed E-state index contributed by atoms with van der Waals surface area (Å²) >= 11 is 1.55. The second kappa shape index (κ2) is 13.7. The monoisotopic (exact) mass is 539 g/mol. The standard InChI is InChI=1S/C19H29N5O7S2.ClH/c1-31-13-3-5-14(6-4-13)33(29,30)24-11-12(9-16(24)19(27)23-28)22-17(25)10-21-18(26)15(20)7-8-32-2;/h3-6,12,15-16,28H,7-11,20H2,1-2H3,(H,21,26)(H,22,25)(H,23,27);1H/t12-,15-,16-;/m0./s1. The summed E-state index contributed by atoms with van der Waals surface area (Å²) in [7, 11) is -2.67. The van der Waals surface area contributed by atoms with Crippen molar-refractivity contribution in [2.45, 2.75) is 35.9 Å².